The van der Waals surface area contributed by atoms with Crippen LogP contribution < -0.4 is 20.0 Å². The molecular formula is C22H20N4O4S. The molecule has 1 aliphatic heterocycles. The highest BCUT2D eigenvalue weighted by molar-refractivity contribution is 7.07. The molecular weight excluding hydrogens is 416 g/mol. The van der Waals surface area contributed by atoms with Crippen LogP contribution in [0.1, 0.15) is 15.9 Å². The van der Waals surface area contributed by atoms with Crippen LogP contribution in [0, 0.1) is 0 Å². The van der Waals surface area contributed by atoms with E-state index in [0.29, 0.717) is 47.3 Å². The first-order valence-corrected chi connectivity index (χ1v) is 10.3. The fraction of sp³-hybridized carbons (Fsp3) is 0.136. The predicted molar refractivity (Wildman–Crippen MR) is 119 cm³/mol. The van der Waals surface area contributed by atoms with Crippen molar-refractivity contribution in [3.05, 3.63) is 70.4 Å². The van der Waals surface area contributed by atoms with Crippen molar-refractivity contribution in [2.75, 3.05) is 19.8 Å². The monoisotopic (exact) mass is 436 g/mol. The zero-order valence-electron chi connectivity index (χ0n) is 16.5. The summed E-state index contributed by atoms with van der Waals surface area (Å²) in [6.07, 6.45) is 3.39. The number of fused-ring (bicyclic) bond motifs is 1. The first-order valence-electron chi connectivity index (χ1n) is 9.46. The predicted octanol–water partition coefficient (Wildman–Crippen LogP) is 2.76. The molecule has 0 fully saturated rings. The van der Waals surface area contributed by atoms with Gasteiger partial charge in [-0.3, -0.25) is 9.79 Å². The van der Waals surface area contributed by atoms with Gasteiger partial charge in [0.25, 0.3) is 5.91 Å². The molecule has 3 N–H and O–H groups in total. The maximum absolute atomic E-state index is 11.6. The second-order valence-electron chi connectivity index (χ2n) is 6.59. The number of thiazole rings is 1. The number of ether oxygens (including phenoxy) is 2. The number of aromatic nitrogens is 1. The van der Waals surface area contributed by atoms with Crippen molar-refractivity contribution < 1.29 is 19.4 Å². The lowest BCUT2D eigenvalue weighted by molar-refractivity contribution is 0.0998. The van der Waals surface area contributed by atoms with Gasteiger partial charge in [-0.25, -0.2) is 4.68 Å². The van der Waals surface area contributed by atoms with E-state index in [2.05, 4.69) is 16.7 Å². The smallest absolute Gasteiger partial charge is 0.252 e. The van der Waals surface area contributed by atoms with E-state index < -0.39 is 5.91 Å². The number of carbonyl (C=O) groups is 1. The maximum Gasteiger partial charge on any atom is 0.252 e. The van der Waals surface area contributed by atoms with E-state index >= 15 is 0 Å². The lowest BCUT2D eigenvalue weighted by Gasteiger charge is -2.18. The van der Waals surface area contributed by atoms with Gasteiger partial charge in [-0.05, 0) is 42.0 Å². The van der Waals surface area contributed by atoms with Gasteiger partial charge in [-0.2, -0.15) is 5.10 Å². The highest BCUT2D eigenvalue weighted by Crippen LogP contribution is 2.30. The van der Waals surface area contributed by atoms with E-state index in [9.17, 15) is 9.90 Å². The Kier molecular flexibility index (Phi) is 5.85. The third-order valence-electron chi connectivity index (χ3n) is 4.49. The lowest BCUT2D eigenvalue weighted by atomic mass is 10.1. The van der Waals surface area contributed by atoms with Gasteiger partial charge >= 0.3 is 0 Å². The zero-order valence-corrected chi connectivity index (χ0v) is 17.3. The van der Waals surface area contributed by atoms with E-state index in [1.54, 1.807) is 23.0 Å². The summed E-state index contributed by atoms with van der Waals surface area (Å²) in [5.41, 5.74) is 7.61. The molecule has 158 valence electrons. The van der Waals surface area contributed by atoms with Crippen molar-refractivity contribution in [1.82, 2.24) is 4.68 Å². The molecule has 0 radical (unpaired) electrons. The second-order valence-corrected chi connectivity index (χ2v) is 7.43. The minimum absolute atomic E-state index is 0.0376. The van der Waals surface area contributed by atoms with Crippen LogP contribution >= 0.6 is 11.3 Å². The van der Waals surface area contributed by atoms with Crippen molar-refractivity contribution in [2.24, 2.45) is 15.8 Å². The Bertz CT molecular complexity index is 1240. The highest BCUT2D eigenvalue weighted by Gasteiger charge is 2.14. The van der Waals surface area contributed by atoms with Gasteiger partial charge in [0.15, 0.2) is 11.5 Å². The summed E-state index contributed by atoms with van der Waals surface area (Å²) in [5, 5.41) is 16.4. The largest absolute Gasteiger partial charge is 0.507 e. The molecule has 2 aromatic carbocycles. The number of hydrogen-bond acceptors (Lipinski definition) is 7. The van der Waals surface area contributed by atoms with E-state index in [4.69, 9.17) is 15.2 Å². The van der Waals surface area contributed by atoms with Gasteiger partial charge in [0.2, 0.25) is 4.80 Å². The zero-order chi connectivity index (χ0) is 21.8. The summed E-state index contributed by atoms with van der Waals surface area (Å²) in [5.74, 6) is 0.496. The number of carbonyl (C=O) groups excluding carboxylic acids is 1. The normalized spacial score (nSPS) is 13.5. The van der Waals surface area contributed by atoms with Gasteiger partial charge in [0.1, 0.15) is 19.0 Å². The molecule has 0 unspecified atom stereocenters. The minimum Gasteiger partial charge on any atom is -0.507 e. The van der Waals surface area contributed by atoms with Crippen LogP contribution in [0.15, 0.2) is 64.5 Å². The van der Waals surface area contributed by atoms with Crippen LogP contribution in [-0.2, 0) is 0 Å². The molecule has 3 aromatic rings. The number of nitrogens with zero attached hydrogens (tertiary/aromatic N) is 3. The summed E-state index contributed by atoms with van der Waals surface area (Å²) in [7, 11) is 0. The van der Waals surface area contributed by atoms with E-state index in [1.165, 1.54) is 23.5 Å². The quantitative estimate of drug-likeness (QED) is 0.457. The Hall–Kier alpha value is -3.85. The number of rotatable bonds is 6. The Morgan fingerprint density at radius 1 is 1.23 bits per heavy atom. The number of benzene rings is 2. The van der Waals surface area contributed by atoms with Gasteiger partial charge in [-0.1, -0.05) is 6.08 Å². The first-order chi connectivity index (χ1) is 15.1. The number of aromatic hydroxyl groups is 1. The van der Waals surface area contributed by atoms with Gasteiger partial charge in [-0.15, -0.1) is 17.9 Å². The maximum atomic E-state index is 11.6. The summed E-state index contributed by atoms with van der Waals surface area (Å²) in [6.45, 7) is 5.17. The lowest BCUT2D eigenvalue weighted by Crippen LogP contribution is -2.15. The molecule has 9 heteroatoms. The number of primary amides is 1. The molecule has 0 saturated carbocycles. The third-order valence-corrected chi connectivity index (χ3v) is 5.34. The summed E-state index contributed by atoms with van der Waals surface area (Å²) in [6, 6.07) is 10.2. The van der Waals surface area contributed by atoms with E-state index in [0.717, 1.165) is 5.56 Å². The second kappa shape index (κ2) is 8.88. The van der Waals surface area contributed by atoms with Crippen molar-refractivity contribution in [3.8, 4) is 28.5 Å². The fourth-order valence-corrected chi connectivity index (χ4v) is 3.86. The van der Waals surface area contributed by atoms with Crippen molar-refractivity contribution >= 4 is 23.5 Å². The average molecular weight is 436 g/mol. The van der Waals surface area contributed by atoms with Gasteiger partial charge in [0.05, 0.1) is 24.0 Å². The summed E-state index contributed by atoms with van der Waals surface area (Å²) < 4.78 is 12.9. The minimum atomic E-state index is -0.711. The van der Waals surface area contributed by atoms with Gasteiger partial charge < -0.3 is 20.3 Å². The highest BCUT2D eigenvalue weighted by atomic mass is 32.1. The standard InChI is InChI=1S/C22H20N4O4S/c1-2-7-24-22-26(25-12-14-3-6-19-20(10-14)30-9-8-29-19)17(13-31-22)15-4-5-18(27)16(11-15)21(23)28/h2-6,10-13,27H,1,7-9H2,(H2,23,28)/b24-22?,25-12-. The van der Waals surface area contributed by atoms with Crippen molar-refractivity contribution in [2.45, 2.75) is 0 Å². The molecule has 0 bridgehead atoms. The van der Waals surface area contributed by atoms with Gasteiger partial charge in [0, 0.05) is 10.9 Å². The van der Waals surface area contributed by atoms with Crippen molar-refractivity contribution in [3.63, 3.8) is 0 Å². The first kappa shape index (κ1) is 20.4. The van der Waals surface area contributed by atoms with Crippen LogP contribution in [0.2, 0.25) is 0 Å². The molecule has 1 amide bonds. The molecule has 0 saturated heterocycles. The van der Waals surface area contributed by atoms with Crippen LogP contribution in [0.25, 0.3) is 11.3 Å². The topological polar surface area (TPSA) is 111 Å². The molecule has 31 heavy (non-hydrogen) atoms. The summed E-state index contributed by atoms with van der Waals surface area (Å²) >= 11 is 1.40. The SMILES string of the molecule is C=CCN=c1scc(-c2ccc(O)c(C(N)=O)c2)n1/N=C\c1ccc2c(c1)OCCO2. The Morgan fingerprint density at radius 3 is 2.81 bits per heavy atom. The molecule has 0 aliphatic carbocycles. The molecule has 1 aromatic heterocycles. The number of nitrogens with two attached hydrogens (primary N) is 1. The van der Waals surface area contributed by atoms with Crippen LogP contribution in [0.4, 0.5) is 0 Å². The Balaban J connectivity index is 1.77. The fourth-order valence-electron chi connectivity index (χ4n) is 3.02. The van der Waals surface area contributed by atoms with E-state index in [1.807, 2.05) is 23.6 Å². The number of phenols is 1. The molecule has 8 nitrogen and oxygen atoms in total. The molecule has 1 aliphatic rings. The molecule has 4 rings (SSSR count). The van der Waals surface area contributed by atoms with E-state index in [-0.39, 0.29) is 11.3 Å². The summed E-state index contributed by atoms with van der Waals surface area (Å²) in [4.78, 5) is 16.8. The number of amides is 1. The Labute approximate surface area is 182 Å². The number of hydrogen-bond donors (Lipinski definition) is 2. The molecule has 0 spiro atoms. The van der Waals surface area contributed by atoms with Crippen molar-refractivity contribution in [1.29, 1.82) is 0 Å². The molecule has 2 heterocycles. The Morgan fingerprint density at radius 2 is 2.03 bits per heavy atom. The van der Waals surface area contributed by atoms with Crippen LogP contribution in [0.5, 0.6) is 17.2 Å². The molecule has 0 atom stereocenters. The third kappa shape index (κ3) is 4.36. The van der Waals surface area contributed by atoms with Crippen LogP contribution in [0.3, 0.4) is 0 Å². The average Bonchev–Trinajstić information content (AvgIpc) is 3.18. The van der Waals surface area contributed by atoms with Crippen LogP contribution in [-0.4, -0.2) is 41.7 Å².